The number of piperidine rings is 1. The van der Waals surface area contributed by atoms with Crippen molar-refractivity contribution < 1.29 is 18.3 Å². The maximum atomic E-state index is 13.4. The number of nitriles is 1. The minimum atomic E-state index is -3.42. The number of hydrogen-bond donors (Lipinski definition) is 1. The summed E-state index contributed by atoms with van der Waals surface area (Å²) in [6.07, 6.45) is 4.18. The van der Waals surface area contributed by atoms with Crippen molar-refractivity contribution in [3.63, 3.8) is 0 Å². The van der Waals surface area contributed by atoms with Gasteiger partial charge in [0.1, 0.15) is 5.39 Å². The van der Waals surface area contributed by atoms with Gasteiger partial charge < -0.3 is 15.4 Å². The summed E-state index contributed by atoms with van der Waals surface area (Å²) in [5.41, 5.74) is 6.09. The SMILES string of the molecule is CCCCOc1nccc2c1c(N)nn2C1(CC#N)CCN(C(=O)C(C)(F)F)CC1. The molecule has 0 aliphatic carbocycles. The number of nitrogens with zero attached hydrogens (tertiary/aromatic N) is 5. The van der Waals surface area contributed by atoms with Crippen LogP contribution in [0.1, 0.15) is 46.0 Å². The molecule has 1 aliphatic heterocycles. The quantitative estimate of drug-likeness (QED) is 0.689. The maximum Gasteiger partial charge on any atom is 0.322 e. The van der Waals surface area contributed by atoms with E-state index in [-0.39, 0.29) is 25.3 Å². The number of unbranched alkanes of at least 4 members (excludes halogenated alkanes) is 1. The van der Waals surface area contributed by atoms with Crippen LogP contribution in [0.4, 0.5) is 14.6 Å². The van der Waals surface area contributed by atoms with Gasteiger partial charge in [-0.15, -0.1) is 0 Å². The first kappa shape index (κ1) is 21.7. The van der Waals surface area contributed by atoms with Crippen LogP contribution in [0.3, 0.4) is 0 Å². The van der Waals surface area contributed by atoms with E-state index < -0.39 is 17.4 Å². The first-order valence-electron chi connectivity index (χ1n) is 10.0. The van der Waals surface area contributed by atoms with Crippen molar-refractivity contribution in [2.24, 2.45) is 0 Å². The number of pyridine rings is 1. The Bertz CT molecular complexity index is 955. The Labute approximate surface area is 173 Å². The normalized spacial score (nSPS) is 16.4. The zero-order chi connectivity index (χ0) is 21.9. The third kappa shape index (κ3) is 4.01. The first-order chi connectivity index (χ1) is 14.2. The molecule has 2 aromatic rings. The average Bonchev–Trinajstić information content (AvgIpc) is 3.06. The molecule has 0 bridgehead atoms. The summed E-state index contributed by atoms with van der Waals surface area (Å²) >= 11 is 0. The van der Waals surface area contributed by atoms with Gasteiger partial charge in [0.25, 0.3) is 5.91 Å². The Kier molecular flexibility index (Phi) is 6.10. The Morgan fingerprint density at radius 3 is 2.73 bits per heavy atom. The van der Waals surface area contributed by atoms with E-state index in [4.69, 9.17) is 10.5 Å². The lowest BCUT2D eigenvalue weighted by molar-refractivity contribution is -0.157. The van der Waals surface area contributed by atoms with Crippen LogP contribution in [0, 0.1) is 11.3 Å². The Morgan fingerprint density at radius 1 is 1.43 bits per heavy atom. The number of rotatable bonds is 7. The molecule has 0 unspecified atom stereocenters. The van der Waals surface area contributed by atoms with E-state index in [1.807, 2.05) is 0 Å². The van der Waals surface area contributed by atoms with E-state index in [1.165, 1.54) is 0 Å². The summed E-state index contributed by atoms with van der Waals surface area (Å²) in [4.78, 5) is 17.4. The smallest absolute Gasteiger partial charge is 0.322 e. The second kappa shape index (κ2) is 8.42. The lowest BCUT2D eigenvalue weighted by atomic mass is 9.84. The standard InChI is InChI=1S/C20H26F2N6O2/c1-3-4-13-30-17-15-14(5-10-25-17)28(26-16(15)24)20(6-9-23)7-11-27(12-8-20)18(29)19(2,21)22/h5,10H,3-4,6-8,11-13H2,1-2H3,(H2,24,26). The molecule has 0 aromatic carbocycles. The molecule has 2 N–H and O–H groups in total. The second-order valence-electron chi connectivity index (χ2n) is 7.75. The lowest BCUT2D eigenvalue weighted by Crippen LogP contribution is -2.51. The molecule has 2 aromatic heterocycles. The number of carbonyl (C=O) groups is 1. The van der Waals surface area contributed by atoms with Gasteiger partial charge in [-0.2, -0.15) is 19.1 Å². The molecule has 162 valence electrons. The second-order valence-corrected chi connectivity index (χ2v) is 7.75. The van der Waals surface area contributed by atoms with Crippen molar-refractivity contribution in [2.45, 2.75) is 57.4 Å². The van der Waals surface area contributed by atoms with Crippen LogP contribution in [0.25, 0.3) is 10.9 Å². The van der Waals surface area contributed by atoms with Crippen LogP contribution in [0.5, 0.6) is 5.88 Å². The highest BCUT2D eigenvalue weighted by Crippen LogP contribution is 2.39. The molecule has 0 saturated carbocycles. The minimum absolute atomic E-state index is 0.107. The highest BCUT2D eigenvalue weighted by atomic mass is 19.3. The van der Waals surface area contributed by atoms with Gasteiger partial charge in [0.05, 0.1) is 30.2 Å². The number of likely N-dealkylation sites (tertiary alicyclic amines) is 1. The number of alkyl halides is 2. The van der Waals surface area contributed by atoms with Crippen molar-refractivity contribution >= 4 is 22.6 Å². The largest absolute Gasteiger partial charge is 0.477 e. The summed E-state index contributed by atoms with van der Waals surface area (Å²) in [5, 5.41) is 14.5. The van der Waals surface area contributed by atoms with Crippen LogP contribution in [0.15, 0.2) is 12.3 Å². The first-order valence-corrected chi connectivity index (χ1v) is 10.0. The number of anilines is 1. The Hall–Kier alpha value is -2.96. The highest BCUT2D eigenvalue weighted by molar-refractivity contribution is 5.93. The van der Waals surface area contributed by atoms with Gasteiger partial charge in [0.15, 0.2) is 5.82 Å². The molecule has 1 aliphatic rings. The fourth-order valence-electron chi connectivity index (χ4n) is 3.86. The van der Waals surface area contributed by atoms with Crippen LogP contribution in [0.2, 0.25) is 0 Å². The van der Waals surface area contributed by atoms with Crippen molar-refractivity contribution in [3.05, 3.63) is 12.3 Å². The average molecular weight is 420 g/mol. The number of aromatic nitrogens is 3. The van der Waals surface area contributed by atoms with Gasteiger partial charge in [0, 0.05) is 26.2 Å². The molecule has 1 fully saturated rings. The maximum absolute atomic E-state index is 13.4. The molecule has 3 heterocycles. The minimum Gasteiger partial charge on any atom is -0.477 e. The van der Waals surface area contributed by atoms with E-state index in [0.29, 0.717) is 43.2 Å². The fraction of sp³-hybridized carbons (Fsp3) is 0.600. The van der Waals surface area contributed by atoms with Crippen molar-refractivity contribution in [3.8, 4) is 11.9 Å². The summed E-state index contributed by atoms with van der Waals surface area (Å²) in [6.45, 7) is 3.37. The predicted molar refractivity (Wildman–Crippen MR) is 107 cm³/mol. The topological polar surface area (TPSA) is 110 Å². The molecule has 0 atom stereocenters. The van der Waals surface area contributed by atoms with Crippen molar-refractivity contribution in [1.82, 2.24) is 19.7 Å². The molecule has 1 saturated heterocycles. The van der Waals surface area contributed by atoms with Gasteiger partial charge in [0.2, 0.25) is 5.88 Å². The number of amides is 1. The molecule has 0 radical (unpaired) electrons. The number of carbonyl (C=O) groups excluding carboxylic acids is 1. The number of ether oxygens (including phenoxy) is 1. The number of halogens is 2. The summed E-state index contributed by atoms with van der Waals surface area (Å²) < 4.78 is 34.4. The van der Waals surface area contributed by atoms with E-state index in [2.05, 4.69) is 23.1 Å². The summed E-state index contributed by atoms with van der Waals surface area (Å²) in [6, 6.07) is 3.93. The number of hydrogen-bond acceptors (Lipinski definition) is 6. The number of nitrogen functional groups attached to an aromatic ring is 1. The molecular weight excluding hydrogens is 394 g/mol. The lowest BCUT2D eigenvalue weighted by Gasteiger charge is -2.41. The van der Waals surface area contributed by atoms with Gasteiger partial charge in [-0.25, -0.2) is 4.98 Å². The Morgan fingerprint density at radius 2 is 2.13 bits per heavy atom. The molecule has 1 amide bonds. The molecule has 0 spiro atoms. The zero-order valence-corrected chi connectivity index (χ0v) is 17.2. The van der Waals surface area contributed by atoms with E-state index in [9.17, 15) is 18.8 Å². The molecular formula is C20H26F2N6O2. The van der Waals surface area contributed by atoms with Crippen molar-refractivity contribution in [1.29, 1.82) is 5.26 Å². The molecule has 3 rings (SSSR count). The third-order valence-electron chi connectivity index (χ3n) is 5.54. The summed E-state index contributed by atoms with van der Waals surface area (Å²) in [5.74, 6) is -4.00. The monoisotopic (exact) mass is 420 g/mol. The third-order valence-corrected chi connectivity index (χ3v) is 5.54. The van der Waals surface area contributed by atoms with Gasteiger partial charge >= 0.3 is 5.92 Å². The fourth-order valence-corrected chi connectivity index (χ4v) is 3.86. The van der Waals surface area contributed by atoms with Gasteiger partial charge in [-0.1, -0.05) is 13.3 Å². The van der Waals surface area contributed by atoms with Crippen molar-refractivity contribution in [2.75, 3.05) is 25.4 Å². The van der Waals surface area contributed by atoms with Crippen LogP contribution in [-0.2, 0) is 10.3 Å². The van der Waals surface area contributed by atoms with E-state index in [1.54, 1.807) is 16.9 Å². The van der Waals surface area contributed by atoms with Gasteiger partial charge in [-0.05, 0) is 25.3 Å². The van der Waals surface area contributed by atoms with Crippen LogP contribution < -0.4 is 10.5 Å². The molecule has 10 heteroatoms. The van der Waals surface area contributed by atoms with Crippen LogP contribution in [-0.4, -0.2) is 51.2 Å². The molecule has 8 nitrogen and oxygen atoms in total. The number of fused-ring (bicyclic) bond motifs is 1. The molecule has 30 heavy (non-hydrogen) atoms. The highest BCUT2D eigenvalue weighted by Gasteiger charge is 2.44. The van der Waals surface area contributed by atoms with E-state index >= 15 is 0 Å². The number of nitrogens with two attached hydrogens (primary N) is 1. The summed E-state index contributed by atoms with van der Waals surface area (Å²) in [7, 11) is 0. The predicted octanol–water partition coefficient (Wildman–Crippen LogP) is 3.08. The van der Waals surface area contributed by atoms with E-state index in [0.717, 1.165) is 17.7 Å². The zero-order valence-electron chi connectivity index (χ0n) is 17.2. The van der Waals surface area contributed by atoms with Gasteiger partial charge in [-0.3, -0.25) is 9.48 Å². The Balaban J connectivity index is 1.95. The van der Waals surface area contributed by atoms with Crippen LogP contribution >= 0.6 is 0 Å².